The van der Waals surface area contributed by atoms with Gasteiger partial charge in [0.15, 0.2) is 0 Å². The highest BCUT2D eigenvalue weighted by Gasteiger charge is 2.24. The topological polar surface area (TPSA) is 104 Å². The first-order valence-corrected chi connectivity index (χ1v) is 17.9. The Morgan fingerprint density at radius 2 is 1.17 bits per heavy atom. The number of unbranched alkanes of at least 4 members (excludes halogenated alkanes) is 14. The minimum atomic E-state index is -4.34. The van der Waals surface area contributed by atoms with E-state index in [9.17, 15) is 22.9 Å². The number of carbonyl (C=O) groups is 1. The minimum Gasteiger partial charge on any atom is -0.387 e. The lowest BCUT2D eigenvalue weighted by atomic mass is 10.0. The third-order valence-electron chi connectivity index (χ3n) is 7.01. The van der Waals surface area contributed by atoms with Gasteiger partial charge in [-0.3, -0.25) is 9.35 Å². The normalized spacial score (nSPS) is 14.1. The van der Waals surface area contributed by atoms with Gasteiger partial charge in [0, 0.05) is 6.42 Å². The lowest BCUT2D eigenvalue weighted by molar-refractivity contribution is -0.122. The zero-order chi connectivity index (χ0) is 30.4. The standard InChI is InChI=1S/C34H61NO5S/c1-3-5-7-9-11-13-15-17-19-21-23-25-27-29-33(36)32(31-41(38,39)40)35-34(37)30-28-26-24-22-20-18-16-14-12-10-8-6-4-2/h6,8,12,14,18,20,27,29,32-33,36H,3-5,7,9-11,13,15-17,19,21-26,28,30-31H2,1-2H3,(H,35,37)(H,38,39,40)/b8-6-,14-12-,20-18-,29-27+. The molecule has 0 rings (SSSR count). The molecular weight excluding hydrogens is 534 g/mol. The van der Waals surface area contributed by atoms with Crippen LogP contribution in [0.5, 0.6) is 0 Å². The molecule has 2 atom stereocenters. The van der Waals surface area contributed by atoms with Crippen LogP contribution in [0.4, 0.5) is 0 Å². The van der Waals surface area contributed by atoms with Crippen LogP contribution >= 0.6 is 0 Å². The van der Waals surface area contributed by atoms with Crippen molar-refractivity contribution in [3.05, 3.63) is 48.6 Å². The quantitative estimate of drug-likeness (QED) is 0.0476. The third-order valence-corrected chi connectivity index (χ3v) is 7.79. The highest BCUT2D eigenvalue weighted by molar-refractivity contribution is 7.85. The molecule has 0 fully saturated rings. The predicted octanol–water partition coefficient (Wildman–Crippen LogP) is 8.79. The van der Waals surface area contributed by atoms with E-state index >= 15 is 0 Å². The van der Waals surface area contributed by atoms with Crippen LogP contribution in [-0.4, -0.2) is 41.9 Å². The molecule has 0 spiro atoms. The first-order chi connectivity index (χ1) is 19.8. The molecule has 238 valence electrons. The zero-order valence-electron chi connectivity index (χ0n) is 26.2. The lowest BCUT2D eigenvalue weighted by Crippen LogP contribution is -2.46. The Kier molecular flexibility index (Phi) is 27.2. The van der Waals surface area contributed by atoms with Crippen molar-refractivity contribution in [3.63, 3.8) is 0 Å². The van der Waals surface area contributed by atoms with Crippen LogP contribution in [0.1, 0.15) is 142 Å². The summed E-state index contributed by atoms with van der Waals surface area (Å²) in [5.41, 5.74) is 0. The van der Waals surface area contributed by atoms with Gasteiger partial charge in [-0.15, -0.1) is 0 Å². The molecule has 1 amide bonds. The zero-order valence-corrected chi connectivity index (χ0v) is 27.0. The highest BCUT2D eigenvalue weighted by Crippen LogP contribution is 2.12. The summed E-state index contributed by atoms with van der Waals surface area (Å²) in [6.07, 6.45) is 36.6. The van der Waals surface area contributed by atoms with Gasteiger partial charge in [0.25, 0.3) is 10.1 Å². The van der Waals surface area contributed by atoms with Crippen molar-refractivity contribution in [2.45, 2.75) is 154 Å². The fourth-order valence-corrected chi connectivity index (χ4v) is 5.31. The van der Waals surface area contributed by atoms with Crippen LogP contribution in [0.15, 0.2) is 48.6 Å². The lowest BCUT2D eigenvalue weighted by Gasteiger charge is -2.21. The number of amides is 1. The third kappa shape index (κ3) is 29.6. The second kappa shape index (κ2) is 28.4. The summed E-state index contributed by atoms with van der Waals surface area (Å²) < 4.78 is 32.2. The van der Waals surface area contributed by atoms with Crippen molar-refractivity contribution >= 4 is 16.0 Å². The van der Waals surface area contributed by atoms with Gasteiger partial charge in [-0.1, -0.05) is 133 Å². The molecule has 0 aromatic heterocycles. The Hall–Kier alpha value is -1.70. The van der Waals surface area contributed by atoms with Crippen LogP contribution < -0.4 is 5.32 Å². The summed E-state index contributed by atoms with van der Waals surface area (Å²) in [5, 5.41) is 13.1. The second-order valence-electron chi connectivity index (χ2n) is 11.1. The summed E-state index contributed by atoms with van der Waals surface area (Å²) in [7, 11) is -4.34. The minimum absolute atomic E-state index is 0.259. The average Bonchev–Trinajstić information content (AvgIpc) is 2.92. The Labute approximate surface area is 252 Å². The van der Waals surface area contributed by atoms with Gasteiger partial charge in [-0.2, -0.15) is 8.42 Å². The van der Waals surface area contributed by atoms with E-state index in [0.717, 1.165) is 57.8 Å². The van der Waals surface area contributed by atoms with Crippen LogP contribution in [0.2, 0.25) is 0 Å². The van der Waals surface area contributed by atoms with Gasteiger partial charge < -0.3 is 10.4 Å². The van der Waals surface area contributed by atoms with Crippen molar-refractivity contribution in [2.24, 2.45) is 0 Å². The molecule has 0 aliphatic rings. The molecule has 0 aliphatic carbocycles. The maximum atomic E-state index is 12.4. The van der Waals surface area contributed by atoms with Crippen LogP contribution in [-0.2, 0) is 14.9 Å². The summed E-state index contributed by atoms with van der Waals surface area (Å²) in [6, 6.07) is -1.07. The van der Waals surface area contributed by atoms with Crippen molar-refractivity contribution in [3.8, 4) is 0 Å². The largest absolute Gasteiger partial charge is 0.387 e. The van der Waals surface area contributed by atoms with E-state index in [2.05, 4.69) is 55.6 Å². The fourth-order valence-electron chi connectivity index (χ4n) is 4.58. The Bertz CT molecular complexity index is 832. The van der Waals surface area contributed by atoms with Gasteiger partial charge >= 0.3 is 0 Å². The molecule has 0 aromatic rings. The molecule has 0 heterocycles. The molecule has 6 nitrogen and oxygen atoms in total. The molecule has 2 unspecified atom stereocenters. The van der Waals surface area contributed by atoms with Gasteiger partial charge in [-0.25, -0.2) is 0 Å². The van der Waals surface area contributed by atoms with Gasteiger partial charge in [0.1, 0.15) is 0 Å². The number of aliphatic hydroxyl groups excluding tert-OH is 1. The van der Waals surface area contributed by atoms with Gasteiger partial charge in [0.2, 0.25) is 5.91 Å². The molecule has 3 N–H and O–H groups in total. The fraction of sp³-hybridized carbons (Fsp3) is 0.735. The summed E-state index contributed by atoms with van der Waals surface area (Å²) in [4.78, 5) is 12.4. The number of hydrogen-bond acceptors (Lipinski definition) is 4. The van der Waals surface area contributed by atoms with Crippen LogP contribution in [0.25, 0.3) is 0 Å². The summed E-state index contributed by atoms with van der Waals surface area (Å²) in [6.45, 7) is 4.36. The molecule has 0 saturated carbocycles. The Morgan fingerprint density at radius 3 is 1.73 bits per heavy atom. The van der Waals surface area contributed by atoms with Gasteiger partial charge in [-0.05, 0) is 51.4 Å². The smallest absolute Gasteiger partial charge is 0.267 e. The molecule has 0 radical (unpaired) electrons. The van der Waals surface area contributed by atoms with E-state index in [0.29, 0.717) is 6.42 Å². The summed E-state index contributed by atoms with van der Waals surface area (Å²) >= 11 is 0. The number of hydrogen-bond donors (Lipinski definition) is 3. The molecule has 0 aliphatic heterocycles. The summed E-state index contributed by atoms with van der Waals surface area (Å²) in [5.74, 6) is -1.02. The van der Waals surface area contributed by atoms with E-state index in [1.165, 1.54) is 63.9 Å². The van der Waals surface area contributed by atoms with Crippen LogP contribution in [0, 0.1) is 0 Å². The van der Waals surface area contributed by atoms with E-state index < -0.39 is 28.0 Å². The first-order valence-electron chi connectivity index (χ1n) is 16.3. The van der Waals surface area contributed by atoms with Crippen LogP contribution in [0.3, 0.4) is 0 Å². The Morgan fingerprint density at radius 1 is 0.683 bits per heavy atom. The van der Waals surface area contributed by atoms with E-state index in [4.69, 9.17) is 0 Å². The van der Waals surface area contributed by atoms with E-state index in [-0.39, 0.29) is 12.3 Å². The maximum Gasteiger partial charge on any atom is 0.267 e. The predicted molar refractivity (Wildman–Crippen MR) is 175 cm³/mol. The SMILES string of the molecule is CC/C=C\C/C=C\C/C=C\CCCCCC(=O)NC(CS(=O)(=O)O)C(O)/C=C/CCCCCCCCCCCCC. The average molecular weight is 596 g/mol. The molecule has 0 aromatic carbocycles. The van der Waals surface area contributed by atoms with Crippen molar-refractivity contribution in [1.29, 1.82) is 0 Å². The van der Waals surface area contributed by atoms with Crippen molar-refractivity contribution in [2.75, 3.05) is 5.75 Å². The number of carbonyl (C=O) groups excluding carboxylic acids is 1. The number of aliphatic hydroxyl groups is 1. The van der Waals surface area contributed by atoms with E-state index in [1.54, 1.807) is 0 Å². The molecule has 7 heteroatoms. The van der Waals surface area contributed by atoms with Crippen molar-refractivity contribution in [1.82, 2.24) is 5.32 Å². The monoisotopic (exact) mass is 595 g/mol. The number of allylic oxidation sites excluding steroid dienone is 7. The maximum absolute atomic E-state index is 12.4. The molecular formula is C34H61NO5S. The molecule has 41 heavy (non-hydrogen) atoms. The highest BCUT2D eigenvalue weighted by atomic mass is 32.2. The van der Waals surface area contributed by atoms with E-state index in [1.807, 2.05) is 6.08 Å². The number of rotatable bonds is 28. The second-order valence-corrected chi connectivity index (χ2v) is 12.6. The molecule has 0 saturated heterocycles. The molecule has 0 bridgehead atoms. The van der Waals surface area contributed by atoms with Crippen molar-refractivity contribution < 1.29 is 22.9 Å². The van der Waals surface area contributed by atoms with Gasteiger partial charge in [0.05, 0.1) is 17.9 Å². The first kappa shape index (κ1) is 39.3. The Balaban J connectivity index is 4.13. The number of nitrogens with one attached hydrogen (secondary N) is 1.